The zero-order valence-corrected chi connectivity index (χ0v) is 12.3. The number of anilines is 1. The molecule has 0 radical (unpaired) electrons. The molecule has 0 saturated heterocycles. The number of carbonyl (C=O) groups excluding carboxylic acids is 1. The van der Waals surface area contributed by atoms with Crippen LogP contribution in [0.1, 0.15) is 12.5 Å². The lowest BCUT2D eigenvalue weighted by atomic mass is 10.1. The summed E-state index contributed by atoms with van der Waals surface area (Å²) in [5.41, 5.74) is 1.64. The van der Waals surface area contributed by atoms with Crippen LogP contribution in [0.2, 0.25) is 0 Å². The van der Waals surface area contributed by atoms with Gasteiger partial charge in [0.25, 0.3) is 0 Å². The van der Waals surface area contributed by atoms with E-state index in [9.17, 15) is 9.59 Å². The molecule has 0 fully saturated rings. The van der Waals surface area contributed by atoms with E-state index in [0.29, 0.717) is 5.69 Å². The third-order valence-electron chi connectivity index (χ3n) is 2.69. The zero-order chi connectivity index (χ0) is 15.2. The predicted octanol–water partition coefficient (Wildman–Crippen LogP) is 1.78. The van der Waals surface area contributed by atoms with Crippen molar-refractivity contribution in [2.45, 2.75) is 25.9 Å². The number of thiophene rings is 1. The second kappa shape index (κ2) is 6.89. The van der Waals surface area contributed by atoms with Crippen molar-refractivity contribution in [1.29, 1.82) is 0 Å². The van der Waals surface area contributed by atoms with E-state index in [-0.39, 0.29) is 18.6 Å². The van der Waals surface area contributed by atoms with Gasteiger partial charge in [-0.05, 0) is 35.7 Å². The summed E-state index contributed by atoms with van der Waals surface area (Å²) in [7, 11) is 0. The Morgan fingerprint density at radius 2 is 2.33 bits per heavy atom. The SMILES string of the molecule is CC(Cc1ccsc1)NC(=O)Nc1cnn(CC(=O)O)c1. The summed E-state index contributed by atoms with van der Waals surface area (Å²) in [5.74, 6) is -0.988. The van der Waals surface area contributed by atoms with Gasteiger partial charge in [0.2, 0.25) is 0 Å². The molecule has 2 rings (SSSR count). The van der Waals surface area contributed by atoms with Gasteiger partial charge in [0.1, 0.15) is 6.54 Å². The summed E-state index contributed by atoms with van der Waals surface area (Å²) in [6, 6.07) is 1.68. The van der Waals surface area contributed by atoms with E-state index >= 15 is 0 Å². The number of aliphatic carboxylic acids is 1. The number of nitrogens with zero attached hydrogens (tertiary/aromatic N) is 2. The summed E-state index contributed by atoms with van der Waals surface area (Å²) in [6.45, 7) is 1.68. The molecular formula is C13H16N4O3S. The van der Waals surface area contributed by atoms with Crippen LogP contribution in [0.5, 0.6) is 0 Å². The molecular weight excluding hydrogens is 292 g/mol. The number of urea groups is 1. The lowest BCUT2D eigenvalue weighted by molar-refractivity contribution is -0.137. The summed E-state index contributed by atoms with van der Waals surface area (Å²) in [5, 5.41) is 22.0. The molecule has 0 aliphatic carbocycles. The topological polar surface area (TPSA) is 96.3 Å². The predicted molar refractivity (Wildman–Crippen MR) is 79.5 cm³/mol. The van der Waals surface area contributed by atoms with Crippen LogP contribution in [-0.2, 0) is 17.8 Å². The molecule has 2 heterocycles. The van der Waals surface area contributed by atoms with Crippen LogP contribution in [0, 0.1) is 0 Å². The smallest absolute Gasteiger partial charge is 0.325 e. The maximum atomic E-state index is 11.8. The van der Waals surface area contributed by atoms with Crippen LogP contribution in [-0.4, -0.2) is 32.9 Å². The first-order valence-corrected chi connectivity index (χ1v) is 7.30. The van der Waals surface area contributed by atoms with Crippen LogP contribution in [0.25, 0.3) is 0 Å². The number of rotatable bonds is 6. The highest BCUT2D eigenvalue weighted by molar-refractivity contribution is 7.07. The number of aromatic nitrogens is 2. The Bertz CT molecular complexity index is 609. The highest BCUT2D eigenvalue weighted by Gasteiger charge is 2.10. The molecule has 21 heavy (non-hydrogen) atoms. The van der Waals surface area contributed by atoms with Crippen LogP contribution < -0.4 is 10.6 Å². The quantitative estimate of drug-likeness (QED) is 0.758. The average Bonchev–Trinajstić information content (AvgIpc) is 3.00. The zero-order valence-electron chi connectivity index (χ0n) is 11.4. The first-order chi connectivity index (χ1) is 10.0. The van der Waals surface area contributed by atoms with Crippen molar-refractivity contribution in [1.82, 2.24) is 15.1 Å². The standard InChI is InChI=1S/C13H16N4O3S/c1-9(4-10-2-3-21-8-10)15-13(20)16-11-5-14-17(6-11)7-12(18)19/h2-3,5-6,8-9H,4,7H2,1H3,(H,18,19)(H2,15,16,20). The molecule has 112 valence electrons. The van der Waals surface area contributed by atoms with Gasteiger partial charge in [0, 0.05) is 12.2 Å². The van der Waals surface area contributed by atoms with Crippen molar-refractivity contribution < 1.29 is 14.7 Å². The number of carbonyl (C=O) groups is 2. The van der Waals surface area contributed by atoms with Crippen molar-refractivity contribution in [3.05, 3.63) is 34.8 Å². The molecule has 1 atom stereocenters. The summed E-state index contributed by atoms with van der Waals surface area (Å²) >= 11 is 1.62. The summed E-state index contributed by atoms with van der Waals surface area (Å²) < 4.78 is 1.24. The Morgan fingerprint density at radius 3 is 3.00 bits per heavy atom. The molecule has 0 bridgehead atoms. The Balaban J connectivity index is 1.81. The van der Waals surface area contributed by atoms with E-state index < -0.39 is 5.97 Å². The number of hydrogen-bond donors (Lipinski definition) is 3. The monoisotopic (exact) mass is 308 g/mol. The van der Waals surface area contributed by atoms with E-state index in [1.165, 1.54) is 22.6 Å². The van der Waals surface area contributed by atoms with Gasteiger partial charge < -0.3 is 15.7 Å². The molecule has 2 aromatic rings. The first-order valence-electron chi connectivity index (χ1n) is 6.36. The molecule has 0 aliphatic rings. The third-order valence-corrected chi connectivity index (χ3v) is 3.42. The fourth-order valence-electron chi connectivity index (χ4n) is 1.86. The fourth-order valence-corrected chi connectivity index (χ4v) is 2.54. The van der Waals surface area contributed by atoms with Crippen molar-refractivity contribution >= 4 is 29.0 Å². The highest BCUT2D eigenvalue weighted by Crippen LogP contribution is 2.09. The molecule has 3 N–H and O–H groups in total. The number of carboxylic acids is 1. The maximum absolute atomic E-state index is 11.8. The van der Waals surface area contributed by atoms with Crippen molar-refractivity contribution in [2.75, 3.05) is 5.32 Å². The number of carboxylic acid groups (broad SMARTS) is 1. The minimum absolute atomic E-state index is 0.00587. The second-order valence-corrected chi connectivity index (χ2v) is 5.44. The van der Waals surface area contributed by atoms with Gasteiger partial charge >= 0.3 is 12.0 Å². The third kappa shape index (κ3) is 4.92. The van der Waals surface area contributed by atoms with E-state index in [4.69, 9.17) is 5.11 Å². The minimum Gasteiger partial charge on any atom is -0.480 e. The lowest BCUT2D eigenvalue weighted by Crippen LogP contribution is -2.37. The van der Waals surface area contributed by atoms with Crippen molar-refractivity contribution in [3.8, 4) is 0 Å². The molecule has 8 heteroatoms. The van der Waals surface area contributed by atoms with Gasteiger partial charge in [0.15, 0.2) is 0 Å². The maximum Gasteiger partial charge on any atom is 0.325 e. The van der Waals surface area contributed by atoms with Gasteiger partial charge in [-0.1, -0.05) is 0 Å². The summed E-state index contributed by atoms with van der Waals surface area (Å²) in [6.07, 6.45) is 3.64. The highest BCUT2D eigenvalue weighted by atomic mass is 32.1. The van der Waals surface area contributed by atoms with Crippen molar-refractivity contribution in [2.24, 2.45) is 0 Å². The van der Waals surface area contributed by atoms with Gasteiger partial charge in [0.05, 0.1) is 11.9 Å². The van der Waals surface area contributed by atoms with Crippen LogP contribution in [0.3, 0.4) is 0 Å². The molecule has 1 unspecified atom stereocenters. The van der Waals surface area contributed by atoms with Gasteiger partial charge in [-0.15, -0.1) is 0 Å². The van der Waals surface area contributed by atoms with E-state index in [1.807, 2.05) is 23.8 Å². The summed E-state index contributed by atoms with van der Waals surface area (Å²) in [4.78, 5) is 22.3. The molecule has 0 aromatic carbocycles. The number of nitrogens with one attached hydrogen (secondary N) is 2. The van der Waals surface area contributed by atoms with E-state index in [1.54, 1.807) is 11.3 Å². The van der Waals surface area contributed by atoms with Crippen LogP contribution in [0.15, 0.2) is 29.2 Å². The fraction of sp³-hybridized carbons (Fsp3) is 0.308. The Hall–Kier alpha value is -2.35. The van der Waals surface area contributed by atoms with E-state index in [2.05, 4.69) is 15.7 Å². The minimum atomic E-state index is -0.988. The van der Waals surface area contributed by atoms with Crippen LogP contribution >= 0.6 is 11.3 Å². The van der Waals surface area contributed by atoms with Crippen molar-refractivity contribution in [3.63, 3.8) is 0 Å². The Morgan fingerprint density at radius 1 is 1.52 bits per heavy atom. The molecule has 2 amide bonds. The number of amides is 2. The largest absolute Gasteiger partial charge is 0.480 e. The molecule has 2 aromatic heterocycles. The van der Waals surface area contributed by atoms with Gasteiger partial charge in [-0.2, -0.15) is 16.4 Å². The molecule has 0 saturated carbocycles. The Labute approximate surface area is 125 Å². The Kier molecular flexibility index (Phi) is 4.94. The van der Waals surface area contributed by atoms with Gasteiger partial charge in [-0.3, -0.25) is 9.48 Å². The van der Waals surface area contributed by atoms with E-state index in [0.717, 1.165) is 6.42 Å². The lowest BCUT2D eigenvalue weighted by Gasteiger charge is -2.13. The molecule has 7 nitrogen and oxygen atoms in total. The first kappa shape index (κ1) is 15.0. The molecule has 0 spiro atoms. The van der Waals surface area contributed by atoms with Gasteiger partial charge in [-0.25, -0.2) is 4.79 Å². The average molecular weight is 308 g/mol. The number of hydrogen-bond acceptors (Lipinski definition) is 4. The second-order valence-electron chi connectivity index (χ2n) is 4.66. The van der Waals surface area contributed by atoms with Crippen LogP contribution in [0.4, 0.5) is 10.5 Å². The molecule has 0 aliphatic heterocycles. The normalized spacial score (nSPS) is 11.9.